The Labute approximate surface area is 301 Å². The number of hydrogen-bond acceptors (Lipinski definition) is 2. The normalized spacial score (nSPS) is 11.8. The second-order valence-corrected chi connectivity index (χ2v) is 12.0. The molecule has 0 radical (unpaired) electrons. The molecule has 2 atom stereocenters. The number of fused-ring (bicyclic) bond motifs is 6. The standard InChI is InChI=1S/C26H25NO2.C16H17N.4CH4/c1-3-19(2)27-24-12-8-7-11-22(24)23-17-21(13-15-25(23)27)18-29-26(28)16-14-20-9-5-4-6-10-20;1-3-12(2)17-15-10-6-4-8-13(15)14-9-5-7-11-16(14)17;;;;/h4-17,19H,3,18H2,1-2H3;4-12H,3H2,1-2H3;4*1H4/b16-14+;;;;;. The number of carbonyl (C=O) groups is 1. The van der Waals surface area contributed by atoms with E-state index in [1.807, 2.05) is 36.4 Å². The molecule has 0 bridgehead atoms. The lowest BCUT2D eigenvalue weighted by atomic mass is 10.1. The lowest BCUT2D eigenvalue weighted by molar-refractivity contribution is -0.138. The van der Waals surface area contributed by atoms with E-state index < -0.39 is 0 Å². The average Bonchev–Trinajstić information content (AvgIpc) is 3.63. The Balaban J connectivity index is 0.000000357. The molecule has 0 aliphatic carbocycles. The Hall–Kier alpha value is -5.09. The Morgan fingerprint density at radius 2 is 1.00 bits per heavy atom. The van der Waals surface area contributed by atoms with Crippen LogP contribution in [0.5, 0.6) is 0 Å². The van der Waals surface area contributed by atoms with Crippen LogP contribution in [0.3, 0.4) is 0 Å². The fourth-order valence-corrected chi connectivity index (χ4v) is 6.34. The monoisotopic (exact) mass is 670 g/mol. The topological polar surface area (TPSA) is 36.2 Å². The first-order chi connectivity index (χ1) is 22.5. The van der Waals surface area contributed by atoms with Gasteiger partial charge in [-0.1, -0.05) is 135 Å². The van der Waals surface area contributed by atoms with E-state index in [0.29, 0.717) is 12.1 Å². The third-order valence-corrected chi connectivity index (χ3v) is 9.05. The van der Waals surface area contributed by atoms with Crippen molar-refractivity contribution >= 4 is 55.7 Å². The molecule has 0 aliphatic heterocycles. The number of nitrogens with zero attached hydrogens (tertiary/aromatic N) is 2. The third kappa shape index (κ3) is 8.37. The van der Waals surface area contributed by atoms with Crippen LogP contribution in [0.4, 0.5) is 0 Å². The first-order valence-corrected chi connectivity index (χ1v) is 16.4. The lowest BCUT2D eigenvalue weighted by Gasteiger charge is -2.14. The van der Waals surface area contributed by atoms with E-state index in [2.05, 4.69) is 122 Å². The number of carbonyl (C=O) groups excluding carboxylic acids is 1. The SMILES string of the molecule is C.C.C.C.CCC(C)n1c2ccccc2c2cc(COC(=O)/C=C/c3ccccc3)ccc21.CCC(C)n1c2ccccc2c2ccccc21. The van der Waals surface area contributed by atoms with Gasteiger partial charge in [0.05, 0.1) is 0 Å². The predicted octanol–water partition coefficient (Wildman–Crippen LogP) is 13.8. The van der Waals surface area contributed by atoms with Crippen molar-refractivity contribution in [1.82, 2.24) is 9.13 Å². The van der Waals surface area contributed by atoms with Crippen molar-refractivity contribution in [3.63, 3.8) is 0 Å². The summed E-state index contributed by atoms with van der Waals surface area (Å²) in [5.74, 6) is -0.337. The number of esters is 1. The zero-order valence-electron chi connectivity index (χ0n) is 27.2. The number of para-hydroxylation sites is 3. The maximum atomic E-state index is 12.1. The molecule has 50 heavy (non-hydrogen) atoms. The predicted molar refractivity (Wildman–Crippen MR) is 221 cm³/mol. The summed E-state index contributed by atoms with van der Waals surface area (Å²) in [5.41, 5.74) is 7.14. The van der Waals surface area contributed by atoms with Crippen LogP contribution in [-0.4, -0.2) is 15.1 Å². The maximum absolute atomic E-state index is 12.1. The van der Waals surface area contributed by atoms with Crippen molar-refractivity contribution < 1.29 is 9.53 Å². The molecule has 0 spiro atoms. The summed E-state index contributed by atoms with van der Waals surface area (Å²) in [6, 6.07) is 42.9. The molecule has 0 saturated heterocycles. The number of rotatable bonds is 8. The van der Waals surface area contributed by atoms with Gasteiger partial charge in [0.15, 0.2) is 0 Å². The number of aromatic nitrogens is 2. The number of hydrogen-bond donors (Lipinski definition) is 0. The largest absolute Gasteiger partial charge is 0.458 e. The van der Waals surface area contributed by atoms with E-state index >= 15 is 0 Å². The summed E-state index contributed by atoms with van der Waals surface area (Å²) < 4.78 is 10.3. The van der Waals surface area contributed by atoms with Crippen LogP contribution in [0.1, 0.15) is 93.5 Å². The van der Waals surface area contributed by atoms with Crippen LogP contribution in [-0.2, 0) is 16.1 Å². The van der Waals surface area contributed by atoms with E-state index in [1.165, 1.54) is 49.7 Å². The first kappa shape index (κ1) is 41.1. The molecule has 0 N–H and O–H groups in total. The van der Waals surface area contributed by atoms with E-state index in [4.69, 9.17) is 4.74 Å². The Bertz CT molecular complexity index is 2080. The van der Waals surface area contributed by atoms with Crippen molar-refractivity contribution in [3.05, 3.63) is 139 Å². The molecule has 4 nitrogen and oxygen atoms in total. The zero-order chi connectivity index (χ0) is 32.0. The molecule has 0 fully saturated rings. The molecule has 4 heteroatoms. The fraction of sp³-hybridized carbons (Fsp3) is 0.283. The summed E-state index contributed by atoms with van der Waals surface area (Å²) in [6.45, 7) is 9.26. The highest BCUT2D eigenvalue weighted by Crippen LogP contribution is 2.34. The number of ether oxygens (including phenoxy) is 1. The minimum atomic E-state index is -0.337. The first-order valence-electron chi connectivity index (χ1n) is 16.4. The lowest BCUT2D eigenvalue weighted by Crippen LogP contribution is -2.03. The number of benzene rings is 5. The summed E-state index contributed by atoms with van der Waals surface area (Å²) >= 11 is 0. The van der Waals surface area contributed by atoms with E-state index in [9.17, 15) is 4.79 Å². The Kier molecular flexibility index (Phi) is 15.3. The molecule has 0 saturated carbocycles. The van der Waals surface area contributed by atoms with Gasteiger partial charge in [-0.25, -0.2) is 4.79 Å². The molecule has 0 aliphatic rings. The maximum Gasteiger partial charge on any atom is 0.331 e. The minimum absolute atomic E-state index is 0. The average molecular weight is 671 g/mol. The molecule has 5 aromatic carbocycles. The highest BCUT2D eigenvalue weighted by molar-refractivity contribution is 6.09. The Morgan fingerprint density at radius 3 is 1.48 bits per heavy atom. The zero-order valence-corrected chi connectivity index (χ0v) is 27.2. The van der Waals surface area contributed by atoms with Gasteiger partial charge in [0, 0.05) is 61.8 Å². The molecule has 2 aromatic heterocycles. The van der Waals surface area contributed by atoms with Gasteiger partial charge < -0.3 is 13.9 Å². The van der Waals surface area contributed by atoms with Gasteiger partial charge in [-0.15, -0.1) is 0 Å². The van der Waals surface area contributed by atoms with Crippen molar-refractivity contribution in [3.8, 4) is 0 Å². The third-order valence-electron chi connectivity index (χ3n) is 9.05. The molecule has 0 amide bonds. The summed E-state index contributed by atoms with van der Waals surface area (Å²) in [6.07, 6.45) is 5.47. The van der Waals surface area contributed by atoms with Crippen LogP contribution >= 0.6 is 0 Å². The fourth-order valence-electron chi connectivity index (χ4n) is 6.34. The van der Waals surface area contributed by atoms with Crippen LogP contribution in [0, 0.1) is 0 Å². The second-order valence-electron chi connectivity index (χ2n) is 12.0. The quantitative estimate of drug-likeness (QED) is 0.119. The van der Waals surface area contributed by atoms with Crippen molar-refractivity contribution in [2.24, 2.45) is 0 Å². The summed E-state index contributed by atoms with van der Waals surface area (Å²) in [5, 5.41) is 5.17. The van der Waals surface area contributed by atoms with Crippen LogP contribution in [0.2, 0.25) is 0 Å². The summed E-state index contributed by atoms with van der Waals surface area (Å²) in [7, 11) is 0. The van der Waals surface area contributed by atoms with Crippen molar-refractivity contribution in [2.45, 2.75) is 88.9 Å². The van der Waals surface area contributed by atoms with Gasteiger partial charge in [-0.3, -0.25) is 0 Å². The molecular weight excluding hydrogens is 613 g/mol. The van der Waals surface area contributed by atoms with E-state index in [-0.39, 0.29) is 42.3 Å². The van der Waals surface area contributed by atoms with Gasteiger partial charge in [-0.2, -0.15) is 0 Å². The molecule has 264 valence electrons. The van der Waals surface area contributed by atoms with E-state index in [0.717, 1.165) is 24.0 Å². The van der Waals surface area contributed by atoms with Crippen molar-refractivity contribution in [1.29, 1.82) is 0 Å². The van der Waals surface area contributed by atoms with Gasteiger partial charge in [0.2, 0.25) is 0 Å². The van der Waals surface area contributed by atoms with Crippen LogP contribution in [0.25, 0.3) is 49.7 Å². The minimum Gasteiger partial charge on any atom is -0.458 e. The van der Waals surface area contributed by atoms with E-state index in [1.54, 1.807) is 6.08 Å². The van der Waals surface area contributed by atoms with Crippen LogP contribution in [0.15, 0.2) is 127 Å². The smallest absolute Gasteiger partial charge is 0.331 e. The highest BCUT2D eigenvalue weighted by atomic mass is 16.5. The highest BCUT2D eigenvalue weighted by Gasteiger charge is 2.15. The van der Waals surface area contributed by atoms with Gasteiger partial charge in [-0.05, 0) is 74.2 Å². The Morgan fingerprint density at radius 1 is 0.580 bits per heavy atom. The van der Waals surface area contributed by atoms with Crippen molar-refractivity contribution in [2.75, 3.05) is 0 Å². The summed E-state index contributed by atoms with van der Waals surface area (Å²) in [4.78, 5) is 12.1. The van der Waals surface area contributed by atoms with Crippen LogP contribution < -0.4 is 0 Å². The second kappa shape index (κ2) is 18.6. The van der Waals surface area contributed by atoms with Gasteiger partial charge >= 0.3 is 5.97 Å². The molecular formula is C46H58N2O2. The van der Waals surface area contributed by atoms with Gasteiger partial charge in [0.1, 0.15) is 6.61 Å². The molecule has 2 unspecified atom stereocenters. The molecule has 7 rings (SSSR count). The van der Waals surface area contributed by atoms with Gasteiger partial charge in [0.25, 0.3) is 0 Å². The molecule has 2 heterocycles. The molecule has 7 aromatic rings.